The summed E-state index contributed by atoms with van der Waals surface area (Å²) in [4.78, 5) is 5.61. The van der Waals surface area contributed by atoms with Gasteiger partial charge in [0.05, 0.1) is 0 Å². The van der Waals surface area contributed by atoms with Crippen molar-refractivity contribution in [1.82, 2.24) is 9.80 Å². The summed E-state index contributed by atoms with van der Waals surface area (Å²) in [5.41, 5.74) is 0. The number of rotatable bonds is 17. The molecule has 2 aliphatic heterocycles. The van der Waals surface area contributed by atoms with Crippen LogP contribution in [0.5, 0.6) is 0 Å². The first-order valence-corrected chi connectivity index (χ1v) is 13.8. The molecule has 0 bridgehead atoms. The van der Waals surface area contributed by atoms with Crippen molar-refractivity contribution < 1.29 is 0 Å². The summed E-state index contributed by atoms with van der Waals surface area (Å²) in [6.45, 7) is 11.5. The number of nitrogens with zero attached hydrogens (tertiary/aromatic N) is 2. The Bertz CT molecular complexity index is 362. The molecule has 0 aromatic heterocycles. The first kappa shape index (κ1) is 25.2. The molecule has 2 heteroatoms. The van der Waals surface area contributed by atoms with E-state index < -0.39 is 0 Å². The van der Waals surface area contributed by atoms with Gasteiger partial charge >= 0.3 is 0 Å². The standard InChI is InChI=1S/C27H54N2/c1-3-5-7-9-10-11-12-13-14-15-17-26-18-24-29(25-26)27-19-22-28(23-20-27)21-16-8-6-4-2/h26-27H,3-25H2,1-2H3. The molecule has 0 aromatic rings. The number of unbranched alkanes of at least 4 members (excludes halogenated alkanes) is 12. The molecule has 2 saturated heterocycles. The van der Waals surface area contributed by atoms with E-state index in [1.807, 2.05) is 0 Å². The fourth-order valence-electron chi connectivity index (χ4n) is 5.62. The minimum Gasteiger partial charge on any atom is -0.303 e. The van der Waals surface area contributed by atoms with Crippen molar-refractivity contribution in [3.63, 3.8) is 0 Å². The van der Waals surface area contributed by atoms with Crippen molar-refractivity contribution in [2.45, 2.75) is 135 Å². The first-order valence-electron chi connectivity index (χ1n) is 13.8. The molecule has 0 aromatic carbocycles. The molecule has 2 rings (SSSR count). The van der Waals surface area contributed by atoms with Gasteiger partial charge in [-0.15, -0.1) is 0 Å². The van der Waals surface area contributed by atoms with Crippen LogP contribution < -0.4 is 0 Å². The Morgan fingerprint density at radius 3 is 1.76 bits per heavy atom. The van der Waals surface area contributed by atoms with Gasteiger partial charge in [-0.2, -0.15) is 0 Å². The molecule has 0 spiro atoms. The zero-order valence-electron chi connectivity index (χ0n) is 20.3. The molecule has 1 atom stereocenters. The average Bonchev–Trinajstić information content (AvgIpc) is 3.22. The van der Waals surface area contributed by atoms with Crippen molar-refractivity contribution in [3.8, 4) is 0 Å². The van der Waals surface area contributed by atoms with Crippen LogP contribution in [0, 0.1) is 5.92 Å². The summed E-state index contributed by atoms with van der Waals surface area (Å²) >= 11 is 0. The maximum atomic E-state index is 2.87. The zero-order chi connectivity index (χ0) is 20.6. The topological polar surface area (TPSA) is 6.48 Å². The summed E-state index contributed by atoms with van der Waals surface area (Å²) in [6.07, 6.45) is 26.1. The van der Waals surface area contributed by atoms with Gasteiger partial charge in [0.15, 0.2) is 0 Å². The van der Waals surface area contributed by atoms with Crippen molar-refractivity contribution in [1.29, 1.82) is 0 Å². The molecule has 1 unspecified atom stereocenters. The Labute approximate surface area is 184 Å². The van der Waals surface area contributed by atoms with E-state index in [4.69, 9.17) is 0 Å². The molecular formula is C27H54N2. The maximum absolute atomic E-state index is 2.87. The van der Waals surface area contributed by atoms with Crippen LogP contribution in [0.3, 0.4) is 0 Å². The highest BCUT2D eigenvalue weighted by Crippen LogP contribution is 2.27. The number of piperidine rings is 1. The summed E-state index contributed by atoms with van der Waals surface area (Å²) in [5.74, 6) is 1.01. The van der Waals surface area contributed by atoms with Crippen molar-refractivity contribution >= 4 is 0 Å². The molecule has 2 fully saturated rings. The van der Waals surface area contributed by atoms with E-state index in [1.54, 1.807) is 0 Å². The van der Waals surface area contributed by atoms with Crippen LogP contribution in [0.15, 0.2) is 0 Å². The second kappa shape index (κ2) is 16.6. The summed E-state index contributed by atoms with van der Waals surface area (Å²) < 4.78 is 0. The van der Waals surface area contributed by atoms with Gasteiger partial charge in [-0.25, -0.2) is 0 Å². The molecule has 0 amide bonds. The third-order valence-corrected chi connectivity index (χ3v) is 7.68. The maximum Gasteiger partial charge on any atom is 0.0120 e. The average molecular weight is 407 g/mol. The largest absolute Gasteiger partial charge is 0.303 e. The van der Waals surface area contributed by atoms with Gasteiger partial charge in [-0.3, -0.25) is 0 Å². The van der Waals surface area contributed by atoms with Gasteiger partial charge in [-0.05, 0) is 64.2 Å². The lowest BCUT2D eigenvalue weighted by Crippen LogP contribution is -2.44. The van der Waals surface area contributed by atoms with Crippen LogP contribution in [0.4, 0.5) is 0 Å². The van der Waals surface area contributed by atoms with Gasteiger partial charge in [0.1, 0.15) is 0 Å². The zero-order valence-corrected chi connectivity index (χ0v) is 20.3. The van der Waals surface area contributed by atoms with E-state index in [1.165, 1.54) is 148 Å². The molecular weight excluding hydrogens is 352 g/mol. The third-order valence-electron chi connectivity index (χ3n) is 7.68. The predicted octanol–water partition coefficient (Wildman–Crippen LogP) is 7.66. The highest BCUT2D eigenvalue weighted by Gasteiger charge is 2.30. The summed E-state index contributed by atoms with van der Waals surface area (Å²) in [5, 5.41) is 0. The SMILES string of the molecule is CCCCCCCCCCCCC1CCN(C2CCN(CCCCCC)CC2)C1. The Hall–Kier alpha value is -0.0800. The molecule has 172 valence electrons. The molecule has 29 heavy (non-hydrogen) atoms. The molecule has 2 aliphatic rings. The van der Waals surface area contributed by atoms with Crippen LogP contribution in [0.25, 0.3) is 0 Å². The minimum atomic E-state index is 0.902. The lowest BCUT2D eigenvalue weighted by molar-refractivity contribution is 0.122. The van der Waals surface area contributed by atoms with Crippen LogP contribution in [0.1, 0.15) is 129 Å². The van der Waals surface area contributed by atoms with Crippen molar-refractivity contribution in [2.24, 2.45) is 5.92 Å². The molecule has 2 heterocycles. The van der Waals surface area contributed by atoms with Crippen molar-refractivity contribution in [2.75, 3.05) is 32.7 Å². The summed E-state index contributed by atoms with van der Waals surface area (Å²) in [7, 11) is 0. The lowest BCUT2D eigenvalue weighted by atomic mass is 9.99. The van der Waals surface area contributed by atoms with E-state index in [0.29, 0.717) is 0 Å². The predicted molar refractivity (Wildman–Crippen MR) is 130 cm³/mol. The molecule has 0 radical (unpaired) electrons. The first-order chi connectivity index (χ1) is 14.3. The van der Waals surface area contributed by atoms with Gasteiger partial charge in [-0.1, -0.05) is 97.3 Å². The highest BCUT2D eigenvalue weighted by atomic mass is 15.2. The van der Waals surface area contributed by atoms with E-state index in [9.17, 15) is 0 Å². The number of hydrogen-bond donors (Lipinski definition) is 0. The van der Waals surface area contributed by atoms with E-state index in [0.717, 1.165) is 12.0 Å². The van der Waals surface area contributed by atoms with E-state index in [-0.39, 0.29) is 0 Å². The van der Waals surface area contributed by atoms with Gasteiger partial charge < -0.3 is 9.80 Å². The van der Waals surface area contributed by atoms with Crippen LogP contribution in [-0.4, -0.2) is 48.6 Å². The fourth-order valence-corrected chi connectivity index (χ4v) is 5.62. The second-order valence-electron chi connectivity index (χ2n) is 10.3. The second-order valence-corrected chi connectivity index (χ2v) is 10.3. The third kappa shape index (κ3) is 11.2. The van der Waals surface area contributed by atoms with Crippen LogP contribution in [0.2, 0.25) is 0 Å². The molecule has 0 aliphatic carbocycles. The highest BCUT2D eigenvalue weighted by molar-refractivity contribution is 4.85. The van der Waals surface area contributed by atoms with Gasteiger partial charge in [0.25, 0.3) is 0 Å². The van der Waals surface area contributed by atoms with E-state index >= 15 is 0 Å². The Kier molecular flexibility index (Phi) is 14.4. The van der Waals surface area contributed by atoms with Gasteiger partial charge in [0.2, 0.25) is 0 Å². The monoisotopic (exact) mass is 406 g/mol. The lowest BCUT2D eigenvalue weighted by Gasteiger charge is -2.37. The quantitative estimate of drug-likeness (QED) is 0.229. The summed E-state index contributed by atoms with van der Waals surface area (Å²) in [6, 6.07) is 0.902. The van der Waals surface area contributed by atoms with Crippen LogP contribution in [-0.2, 0) is 0 Å². The number of likely N-dealkylation sites (tertiary alicyclic amines) is 2. The van der Waals surface area contributed by atoms with E-state index in [2.05, 4.69) is 23.6 Å². The number of hydrogen-bond acceptors (Lipinski definition) is 2. The Balaban J connectivity index is 1.42. The minimum absolute atomic E-state index is 0.902. The van der Waals surface area contributed by atoms with Gasteiger partial charge in [0, 0.05) is 12.6 Å². The van der Waals surface area contributed by atoms with Crippen LogP contribution >= 0.6 is 0 Å². The molecule has 0 saturated carbocycles. The molecule has 0 N–H and O–H groups in total. The Morgan fingerprint density at radius 2 is 1.14 bits per heavy atom. The Morgan fingerprint density at radius 1 is 0.586 bits per heavy atom. The van der Waals surface area contributed by atoms with Crippen molar-refractivity contribution in [3.05, 3.63) is 0 Å². The normalized spacial score (nSPS) is 21.9. The fraction of sp³-hybridized carbons (Fsp3) is 1.00. The molecule has 2 nitrogen and oxygen atoms in total. The smallest absolute Gasteiger partial charge is 0.0120 e.